The lowest BCUT2D eigenvalue weighted by molar-refractivity contribution is 0.0686. The Balaban J connectivity index is 2.03. The molecule has 0 amide bonds. The molecule has 38 heavy (non-hydrogen) atoms. The Hall–Kier alpha value is -3.10. The molecule has 0 radical (unpaired) electrons. The highest BCUT2D eigenvalue weighted by atomic mass is 32.2. The average molecular weight is 555 g/mol. The second-order valence-corrected chi connectivity index (χ2v) is 11.2. The van der Waals surface area contributed by atoms with Crippen molar-refractivity contribution in [3.8, 4) is 33.8 Å². The fourth-order valence-electron chi connectivity index (χ4n) is 3.81. The number of rotatable bonds is 16. The summed E-state index contributed by atoms with van der Waals surface area (Å²) in [6.45, 7) is 5.34. The Morgan fingerprint density at radius 1 is 0.658 bits per heavy atom. The smallest absolute Gasteiger partial charge is 0.335 e. The zero-order chi connectivity index (χ0) is 27.3. The van der Waals surface area contributed by atoms with Crippen LogP contribution in [0.2, 0.25) is 0 Å². The van der Waals surface area contributed by atoms with Gasteiger partial charge in [0.05, 0.1) is 24.3 Å². The Morgan fingerprint density at radius 2 is 1.03 bits per heavy atom. The molecule has 0 saturated heterocycles. The van der Waals surface area contributed by atoms with Crippen molar-refractivity contribution < 1.29 is 29.3 Å². The van der Waals surface area contributed by atoms with Crippen molar-refractivity contribution in [2.45, 2.75) is 26.7 Å². The van der Waals surface area contributed by atoms with Crippen molar-refractivity contribution >= 4 is 35.5 Å². The Morgan fingerprint density at radius 3 is 1.34 bits per heavy atom. The van der Waals surface area contributed by atoms with E-state index in [9.17, 15) is 19.8 Å². The molecule has 3 rings (SSSR count). The summed E-state index contributed by atoms with van der Waals surface area (Å²) >= 11 is 3.73. The van der Waals surface area contributed by atoms with Gasteiger partial charge in [-0.2, -0.15) is 23.5 Å². The first kappa shape index (κ1) is 29.5. The van der Waals surface area contributed by atoms with Crippen molar-refractivity contribution in [3.05, 3.63) is 71.8 Å². The summed E-state index contributed by atoms with van der Waals surface area (Å²) in [5.41, 5.74) is 3.71. The van der Waals surface area contributed by atoms with Gasteiger partial charge in [0.2, 0.25) is 0 Å². The molecular formula is C30H34O6S2. The predicted octanol–water partition coefficient (Wildman–Crippen LogP) is 7.46. The minimum absolute atomic E-state index is 0.216. The highest BCUT2D eigenvalue weighted by Crippen LogP contribution is 2.41. The Bertz CT molecular complexity index is 1100. The van der Waals surface area contributed by atoms with E-state index < -0.39 is 11.9 Å². The maximum absolute atomic E-state index is 11.4. The molecule has 3 aromatic carbocycles. The maximum atomic E-state index is 11.4. The van der Waals surface area contributed by atoms with Gasteiger partial charge in [0.25, 0.3) is 0 Å². The zero-order valence-corrected chi connectivity index (χ0v) is 23.4. The second kappa shape index (κ2) is 15.3. The van der Waals surface area contributed by atoms with E-state index in [-0.39, 0.29) is 11.1 Å². The number of hydrogen-bond donors (Lipinski definition) is 2. The molecule has 8 heteroatoms. The van der Waals surface area contributed by atoms with Crippen molar-refractivity contribution in [2.75, 3.05) is 36.2 Å². The summed E-state index contributed by atoms with van der Waals surface area (Å²) in [4.78, 5) is 22.7. The van der Waals surface area contributed by atoms with Crippen LogP contribution in [0.3, 0.4) is 0 Å². The summed E-state index contributed by atoms with van der Waals surface area (Å²) in [5, 5.41) is 18.6. The first-order valence-electron chi connectivity index (χ1n) is 12.7. The van der Waals surface area contributed by atoms with Gasteiger partial charge in [0, 0.05) is 11.1 Å². The normalized spacial score (nSPS) is 10.8. The lowest BCUT2D eigenvalue weighted by Crippen LogP contribution is -2.04. The summed E-state index contributed by atoms with van der Waals surface area (Å²) in [5.74, 6) is 3.49. The van der Waals surface area contributed by atoms with Crippen LogP contribution in [0.4, 0.5) is 0 Å². The fourth-order valence-corrected chi connectivity index (χ4v) is 5.03. The number of benzene rings is 3. The SMILES string of the molecule is CCSCCCOc1cc(-c2ccc(C(=O)O)cc2)c(OCCCSCC)cc1-c1ccc(C(=O)O)cc1. The van der Waals surface area contributed by atoms with E-state index in [1.807, 2.05) is 35.7 Å². The molecule has 0 aliphatic heterocycles. The molecule has 0 aliphatic carbocycles. The first-order chi connectivity index (χ1) is 18.4. The Kier molecular flexibility index (Phi) is 11.9. The number of aromatic carboxylic acids is 2. The van der Waals surface area contributed by atoms with Crippen LogP contribution in [0.25, 0.3) is 22.3 Å². The third-order valence-electron chi connectivity index (χ3n) is 5.76. The molecule has 0 bridgehead atoms. The average Bonchev–Trinajstić information content (AvgIpc) is 2.93. The molecule has 0 spiro atoms. The molecular weight excluding hydrogens is 520 g/mol. The van der Waals surface area contributed by atoms with Crippen LogP contribution in [-0.2, 0) is 0 Å². The molecule has 0 saturated carbocycles. The van der Waals surface area contributed by atoms with Gasteiger partial charge in [0.15, 0.2) is 0 Å². The van der Waals surface area contributed by atoms with Gasteiger partial charge >= 0.3 is 11.9 Å². The molecule has 3 aromatic rings. The predicted molar refractivity (Wildman–Crippen MR) is 157 cm³/mol. The van der Waals surface area contributed by atoms with Crippen LogP contribution in [0, 0.1) is 0 Å². The number of ether oxygens (including phenoxy) is 2. The number of carboxylic acid groups (broad SMARTS) is 2. The largest absolute Gasteiger partial charge is 0.493 e. The Labute approximate surface area is 232 Å². The molecule has 2 N–H and O–H groups in total. The summed E-state index contributed by atoms with van der Waals surface area (Å²) in [6.07, 6.45) is 1.79. The maximum Gasteiger partial charge on any atom is 0.335 e. The highest BCUT2D eigenvalue weighted by molar-refractivity contribution is 7.99. The monoisotopic (exact) mass is 554 g/mol. The standard InChI is InChI=1S/C30H34O6S2/c1-3-37-17-5-15-35-27-19-26(22-9-13-24(14-10-22)30(33)34)28(36-16-6-18-38-4-2)20-25(27)21-7-11-23(12-8-21)29(31)32/h7-14,19-20H,3-6,15-18H2,1-2H3,(H,31,32)(H,33,34). The fraction of sp³-hybridized carbons (Fsp3) is 0.333. The van der Waals surface area contributed by atoms with Crippen molar-refractivity contribution in [3.63, 3.8) is 0 Å². The number of carbonyl (C=O) groups is 2. The first-order valence-corrected chi connectivity index (χ1v) is 15.0. The van der Waals surface area contributed by atoms with Crippen molar-refractivity contribution in [1.29, 1.82) is 0 Å². The molecule has 0 aliphatic rings. The minimum Gasteiger partial charge on any atom is -0.493 e. The van der Waals surface area contributed by atoms with E-state index in [0.29, 0.717) is 24.7 Å². The van der Waals surface area contributed by atoms with E-state index >= 15 is 0 Å². The van der Waals surface area contributed by atoms with Crippen LogP contribution in [-0.4, -0.2) is 58.4 Å². The van der Waals surface area contributed by atoms with Crippen LogP contribution >= 0.6 is 23.5 Å². The summed E-state index contributed by atoms with van der Waals surface area (Å²) < 4.78 is 12.5. The van der Waals surface area contributed by atoms with Crippen LogP contribution in [0.5, 0.6) is 11.5 Å². The number of hydrogen-bond acceptors (Lipinski definition) is 6. The topological polar surface area (TPSA) is 93.1 Å². The van der Waals surface area contributed by atoms with Gasteiger partial charge < -0.3 is 19.7 Å². The lowest BCUT2D eigenvalue weighted by Gasteiger charge is -2.19. The van der Waals surface area contributed by atoms with Gasteiger partial charge in [-0.1, -0.05) is 38.1 Å². The van der Waals surface area contributed by atoms with E-state index in [1.54, 1.807) is 48.5 Å². The number of thioether (sulfide) groups is 2. The van der Waals surface area contributed by atoms with E-state index in [1.165, 1.54) is 0 Å². The van der Waals surface area contributed by atoms with Crippen molar-refractivity contribution in [2.24, 2.45) is 0 Å². The molecule has 0 aromatic heterocycles. The van der Waals surface area contributed by atoms with E-state index in [2.05, 4.69) is 13.8 Å². The van der Waals surface area contributed by atoms with E-state index in [0.717, 1.165) is 58.1 Å². The lowest BCUT2D eigenvalue weighted by atomic mass is 9.96. The van der Waals surface area contributed by atoms with Crippen molar-refractivity contribution in [1.82, 2.24) is 0 Å². The van der Waals surface area contributed by atoms with Crippen LogP contribution in [0.15, 0.2) is 60.7 Å². The third-order valence-corrected chi connectivity index (χ3v) is 7.73. The van der Waals surface area contributed by atoms with Gasteiger partial charge in [-0.15, -0.1) is 0 Å². The molecule has 0 atom stereocenters. The van der Waals surface area contributed by atoms with Crippen LogP contribution < -0.4 is 9.47 Å². The minimum atomic E-state index is -0.976. The molecule has 0 heterocycles. The van der Waals surface area contributed by atoms with Gasteiger partial charge in [-0.25, -0.2) is 9.59 Å². The molecule has 6 nitrogen and oxygen atoms in total. The third kappa shape index (κ3) is 8.46. The molecule has 0 unspecified atom stereocenters. The number of carboxylic acids is 2. The molecule has 202 valence electrons. The zero-order valence-electron chi connectivity index (χ0n) is 21.8. The van der Waals surface area contributed by atoms with Gasteiger partial charge in [0.1, 0.15) is 11.5 Å². The van der Waals surface area contributed by atoms with Gasteiger partial charge in [-0.3, -0.25) is 0 Å². The summed E-state index contributed by atoms with van der Waals surface area (Å²) in [7, 11) is 0. The highest BCUT2D eigenvalue weighted by Gasteiger charge is 2.17. The van der Waals surface area contributed by atoms with Gasteiger partial charge in [-0.05, 0) is 83.4 Å². The summed E-state index contributed by atoms with van der Waals surface area (Å²) in [6, 6.07) is 17.3. The van der Waals surface area contributed by atoms with E-state index in [4.69, 9.17) is 9.47 Å². The van der Waals surface area contributed by atoms with Crippen LogP contribution in [0.1, 0.15) is 47.4 Å². The second-order valence-electron chi connectivity index (χ2n) is 8.41. The molecule has 0 fully saturated rings. The quantitative estimate of drug-likeness (QED) is 0.176.